The summed E-state index contributed by atoms with van der Waals surface area (Å²) in [6.45, 7) is 7.80. The number of benzene rings is 2. The van der Waals surface area contributed by atoms with E-state index >= 15 is 0 Å². The molecule has 1 saturated heterocycles. The number of aromatic nitrogens is 1. The van der Waals surface area contributed by atoms with Gasteiger partial charge in [-0.3, -0.25) is 23.9 Å². The molecule has 2 amide bonds. The second-order valence-electron chi connectivity index (χ2n) is 9.92. The summed E-state index contributed by atoms with van der Waals surface area (Å²) in [5.41, 5.74) is 2.17. The quantitative estimate of drug-likeness (QED) is 0.357. The van der Waals surface area contributed by atoms with E-state index in [2.05, 4.69) is 32.6 Å². The third-order valence-corrected chi connectivity index (χ3v) is 8.39. The van der Waals surface area contributed by atoms with Gasteiger partial charge in [0.05, 0.1) is 13.7 Å². The zero-order valence-corrected chi connectivity index (χ0v) is 25.7. The molecule has 1 fully saturated rings. The number of carbonyl (C=O) groups is 2. The highest BCUT2D eigenvalue weighted by Gasteiger charge is 2.21. The van der Waals surface area contributed by atoms with Gasteiger partial charge in [0, 0.05) is 69.6 Å². The largest absolute Gasteiger partial charge is 0.497 e. The van der Waals surface area contributed by atoms with Gasteiger partial charge in [0.1, 0.15) is 21.0 Å². The Morgan fingerprint density at radius 2 is 1.84 bits per heavy atom. The Bertz CT molecular complexity index is 1670. The minimum absolute atomic E-state index is 0.0160. The van der Waals surface area contributed by atoms with Gasteiger partial charge in [-0.05, 0) is 56.3 Å². The van der Waals surface area contributed by atoms with Crippen LogP contribution in [-0.2, 0) is 16.1 Å². The fraction of sp³-hybridized carbons (Fsp3) is 0.355. The molecule has 0 spiro atoms. The van der Waals surface area contributed by atoms with E-state index in [0.717, 1.165) is 54.6 Å². The molecule has 2 heterocycles. The predicted octanol–water partition coefficient (Wildman–Crippen LogP) is 1.38. The van der Waals surface area contributed by atoms with Crippen LogP contribution in [0.5, 0.6) is 5.75 Å². The van der Waals surface area contributed by atoms with Gasteiger partial charge in [-0.2, -0.15) is 5.26 Å². The molecule has 2 aromatic carbocycles. The van der Waals surface area contributed by atoms with Crippen molar-refractivity contribution in [1.29, 1.82) is 5.26 Å². The Morgan fingerprint density at radius 1 is 1.12 bits per heavy atom. The number of rotatable bonds is 10. The molecule has 12 heteroatoms. The fourth-order valence-electron chi connectivity index (χ4n) is 4.79. The number of nitrogens with zero attached hydrogens (tertiary/aromatic N) is 5. The van der Waals surface area contributed by atoms with Crippen LogP contribution in [0.4, 0.5) is 17.1 Å². The van der Waals surface area contributed by atoms with E-state index in [4.69, 9.17) is 4.74 Å². The Kier molecular flexibility index (Phi) is 10.6. The van der Waals surface area contributed by atoms with Crippen LogP contribution in [0.1, 0.15) is 13.8 Å². The van der Waals surface area contributed by atoms with E-state index in [1.165, 1.54) is 4.57 Å². The lowest BCUT2D eigenvalue weighted by molar-refractivity contribution is -0.119. The summed E-state index contributed by atoms with van der Waals surface area (Å²) in [6.07, 6.45) is 1.57. The number of nitriles is 1. The molecule has 1 aliphatic rings. The van der Waals surface area contributed by atoms with E-state index in [-0.39, 0.29) is 17.0 Å². The summed E-state index contributed by atoms with van der Waals surface area (Å²) in [5.74, 6) is 0.305. The number of hydrogen-bond acceptors (Lipinski definition) is 9. The SMILES string of the molecule is CCNC(=O)C(C#N)=c1sc(=CNc2cccc(N(C)C(=O)CN3CCN(c4ccc(OC)cc4)CC3)c2)c(=O)n1CC. The molecule has 11 nitrogen and oxygen atoms in total. The van der Waals surface area contributed by atoms with Gasteiger partial charge in [-0.1, -0.05) is 6.07 Å². The van der Waals surface area contributed by atoms with Gasteiger partial charge in [-0.15, -0.1) is 11.3 Å². The van der Waals surface area contributed by atoms with Gasteiger partial charge in [-0.25, -0.2) is 0 Å². The van der Waals surface area contributed by atoms with Crippen molar-refractivity contribution in [3.63, 3.8) is 0 Å². The van der Waals surface area contributed by atoms with Crippen LogP contribution in [0.2, 0.25) is 0 Å². The van der Waals surface area contributed by atoms with Crippen LogP contribution in [-0.4, -0.2) is 74.7 Å². The molecule has 0 bridgehead atoms. The highest BCUT2D eigenvalue weighted by molar-refractivity contribution is 7.07. The topological polar surface area (TPSA) is 123 Å². The van der Waals surface area contributed by atoms with Gasteiger partial charge in [0.15, 0.2) is 5.57 Å². The van der Waals surface area contributed by atoms with E-state index in [1.807, 2.05) is 42.5 Å². The molecule has 0 radical (unpaired) electrons. The molecule has 0 saturated carbocycles. The van der Waals surface area contributed by atoms with Crippen molar-refractivity contribution in [2.45, 2.75) is 20.4 Å². The Morgan fingerprint density at radius 3 is 2.47 bits per heavy atom. The molecule has 3 aromatic rings. The molecule has 226 valence electrons. The third kappa shape index (κ3) is 7.43. The molecule has 43 heavy (non-hydrogen) atoms. The van der Waals surface area contributed by atoms with Crippen molar-refractivity contribution in [3.8, 4) is 11.8 Å². The van der Waals surface area contributed by atoms with Gasteiger partial charge in [0.2, 0.25) is 5.91 Å². The van der Waals surface area contributed by atoms with Crippen molar-refractivity contribution in [3.05, 3.63) is 68.1 Å². The standard InChI is InChI=1S/C31H37N7O4S/c1-5-33-29(40)26(19-32)31-38(6-2)30(41)27(43-31)20-34-22-8-7-9-24(18-22)35(3)28(39)21-36-14-16-37(17-15-36)23-10-12-25(42-4)13-11-23/h7-13,18,20,34H,5-6,14-17,21H2,1-4H3,(H,33,40). The maximum Gasteiger partial charge on any atom is 0.270 e. The van der Waals surface area contributed by atoms with Crippen LogP contribution in [0, 0.1) is 11.3 Å². The summed E-state index contributed by atoms with van der Waals surface area (Å²) < 4.78 is 7.35. The number of anilines is 3. The molecule has 0 aliphatic carbocycles. The lowest BCUT2D eigenvalue weighted by Gasteiger charge is -2.36. The molecule has 0 unspecified atom stereocenters. The number of thiazole rings is 1. The van der Waals surface area contributed by atoms with E-state index in [1.54, 1.807) is 39.1 Å². The molecule has 0 atom stereocenters. The first kappa shape index (κ1) is 31.3. The molecule has 2 N–H and O–H groups in total. The van der Waals surface area contributed by atoms with Gasteiger partial charge in [0.25, 0.3) is 11.5 Å². The summed E-state index contributed by atoms with van der Waals surface area (Å²) in [5, 5.41) is 15.3. The van der Waals surface area contributed by atoms with Gasteiger partial charge >= 0.3 is 0 Å². The van der Waals surface area contributed by atoms with Gasteiger partial charge < -0.3 is 25.2 Å². The fourth-order valence-corrected chi connectivity index (χ4v) is 5.88. The van der Waals surface area contributed by atoms with Crippen molar-refractivity contribution >= 4 is 52.0 Å². The molecular weight excluding hydrogens is 566 g/mol. The Hall–Kier alpha value is -4.60. The maximum absolute atomic E-state index is 13.2. The van der Waals surface area contributed by atoms with Crippen LogP contribution >= 0.6 is 11.3 Å². The number of piperazine rings is 1. The average Bonchev–Trinajstić information content (AvgIpc) is 3.35. The van der Waals surface area contributed by atoms with Crippen molar-refractivity contribution in [1.82, 2.24) is 14.8 Å². The lowest BCUT2D eigenvalue weighted by Crippen LogP contribution is -2.49. The second-order valence-corrected chi connectivity index (χ2v) is 11.0. The second kappa shape index (κ2) is 14.5. The number of carbonyl (C=O) groups excluding carboxylic acids is 2. The van der Waals surface area contributed by atoms with Crippen molar-refractivity contribution in [2.75, 3.05) is 68.5 Å². The van der Waals surface area contributed by atoms with Crippen molar-refractivity contribution in [2.24, 2.45) is 0 Å². The number of ether oxygens (including phenoxy) is 1. The first-order valence-corrected chi connectivity index (χ1v) is 15.0. The highest BCUT2D eigenvalue weighted by atomic mass is 32.1. The number of methoxy groups -OCH3 is 1. The molecule has 4 rings (SSSR count). The zero-order chi connectivity index (χ0) is 30.9. The van der Waals surface area contributed by atoms with Crippen molar-refractivity contribution < 1.29 is 14.3 Å². The van der Waals surface area contributed by atoms with Crippen LogP contribution in [0.15, 0.2) is 53.3 Å². The summed E-state index contributed by atoms with van der Waals surface area (Å²) in [7, 11) is 3.41. The highest BCUT2D eigenvalue weighted by Crippen LogP contribution is 2.21. The van der Waals surface area contributed by atoms with E-state index in [9.17, 15) is 19.6 Å². The molecular formula is C31H37N7O4S. The van der Waals surface area contributed by atoms with Crippen LogP contribution in [0.3, 0.4) is 0 Å². The molecule has 1 aliphatic heterocycles. The van der Waals surface area contributed by atoms with Crippen LogP contribution < -0.4 is 39.9 Å². The first-order valence-electron chi connectivity index (χ1n) is 14.2. The maximum atomic E-state index is 13.2. The summed E-state index contributed by atoms with van der Waals surface area (Å²) in [4.78, 5) is 44.6. The summed E-state index contributed by atoms with van der Waals surface area (Å²) >= 11 is 1.08. The molecule has 1 aromatic heterocycles. The number of likely N-dealkylation sites (N-methyl/N-ethyl adjacent to an activating group) is 1. The zero-order valence-electron chi connectivity index (χ0n) is 24.9. The number of amides is 2. The monoisotopic (exact) mass is 603 g/mol. The number of hydrogen-bond donors (Lipinski definition) is 2. The minimum Gasteiger partial charge on any atom is -0.497 e. The minimum atomic E-state index is -0.507. The average molecular weight is 604 g/mol. The lowest BCUT2D eigenvalue weighted by atomic mass is 10.2. The Balaban J connectivity index is 1.42. The smallest absolute Gasteiger partial charge is 0.270 e. The van der Waals surface area contributed by atoms with E-state index < -0.39 is 5.91 Å². The van der Waals surface area contributed by atoms with E-state index in [0.29, 0.717) is 34.5 Å². The predicted molar refractivity (Wildman–Crippen MR) is 171 cm³/mol. The van der Waals surface area contributed by atoms with Crippen LogP contribution in [0.25, 0.3) is 11.8 Å². The number of nitrogens with one attached hydrogen (secondary N) is 2. The third-order valence-electron chi connectivity index (χ3n) is 7.26. The Labute approximate surface area is 254 Å². The first-order chi connectivity index (χ1) is 20.8. The normalized spacial score (nSPS) is 14.6. The summed E-state index contributed by atoms with van der Waals surface area (Å²) in [6, 6.07) is 17.3.